The average molecular weight is 465 g/mol. The Kier molecular flexibility index (Phi) is 6.18. The molecule has 0 radical (unpaired) electrons. The van der Waals surface area contributed by atoms with Crippen molar-refractivity contribution < 1.29 is 13.9 Å². The van der Waals surface area contributed by atoms with E-state index in [1.54, 1.807) is 6.07 Å². The van der Waals surface area contributed by atoms with Crippen LogP contribution >= 0.6 is 0 Å². The van der Waals surface area contributed by atoms with Crippen molar-refractivity contribution in [2.24, 2.45) is 17.3 Å². The second-order valence-corrected chi connectivity index (χ2v) is 11.7. The monoisotopic (exact) mass is 464 g/mol. The molecule has 2 bridgehead atoms. The van der Waals surface area contributed by atoms with E-state index in [1.807, 2.05) is 18.2 Å². The lowest BCUT2D eigenvalue weighted by atomic mass is 9.85. The van der Waals surface area contributed by atoms with Crippen molar-refractivity contribution in [3.63, 3.8) is 0 Å². The Balaban J connectivity index is 1.33. The number of ether oxygens (including phenoxy) is 1. The first-order valence-electron chi connectivity index (χ1n) is 12.8. The predicted octanol–water partition coefficient (Wildman–Crippen LogP) is 6.14. The van der Waals surface area contributed by atoms with Crippen molar-refractivity contribution >= 4 is 6.09 Å². The fourth-order valence-electron chi connectivity index (χ4n) is 6.19. The molecule has 2 aromatic rings. The number of hydrogen-bond acceptors (Lipinski definition) is 3. The van der Waals surface area contributed by atoms with Gasteiger partial charge in [0.15, 0.2) is 0 Å². The smallest absolute Gasteiger partial charge is 0.407 e. The number of nitrogens with zero attached hydrogens (tertiary/aromatic N) is 1. The van der Waals surface area contributed by atoms with Gasteiger partial charge < -0.3 is 10.1 Å². The third-order valence-corrected chi connectivity index (χ3v) is 7.99. The van der Waals surface area contributed by atoms with Crippen LogP contribution < -0.4 is 5.32 Å². The minimum Gasteiger partial charge on any atom is -0.445 e. The molecule has 4 nitrogen and oxygen atoms in total. The van der Waals surface area contributed by atoms with Gasteiger partial charge in [0.25, 0.3) is 0 Å². The van der Waals surface area contributed by atoms with Crippen molar-refractivity contribution in [1.82, 2.24) is 10.2 Å². The molecular weight excluding hydrogens is 427 g/mol. The third kappa shape index (κ3) is 4.59. The minimum atomic E-state index is -0.380. The van der Waals surface area contributed by atoms with E-state index >= 15 is 4.39 Å². The van der Waals surface area contributed by atoms with E-state index in [9.17, 15) is 4.79 Å². The molecule has 0 saturated carbocycles. The number of nitrogens with one attached hydrogen (secondary N) is 1. The standard InChI is InChI=1S/C29H37FN2O2/c1-18(2)13-19-5-7-20(8-6-19)23-14-22-16-29(3,4)27(24(22)15-25(23)30)31-28(33)34-26-17-32-11-9-21(26)10-12-32/h5-8,14-15,18,21,26-27H,9-13,16-17H2,1-4H3,(H,31,33)/t26-,27?/m0/s1. The molecule has 34 heavy (non-hydrogen) atoms. The van der Waals surface area contributed by atoms with Crippen LogP contribution in [0.3, 0.4) is 0 Å². The summed E-state index contributed by atoms with van der Waals surface area (Å²) in [5.74, 6) is 0.809. The highest BCUT2D eigenvalue weighted by Gasteiger charge is 2.42. The zero-order valence-corrected chi connectivity index (χ0v) is 20.9. The highest BCUT2D eigenvalue weighted by Crippen LogP contribution is 2.47. The molecular formula is C29H37FN2O2. The van der Waals surface area contributed by atoms with E-state index in [0.717, 1.165) is 62.0 Å². The highest BCUT2D eigenvalue weighted by atomic mass is 19.1. The molecule has 0 aromatic heterocycles. The topological polar surface area (TPSA) is 41.6 Å². The molecule has 5 heteroatoms. The van der Waals surface area contributed by atoms with Crippen LogP contribution in [0.25, 0.3) is 11.1 Å². The van der Waals surface area contributed by atoms with Crippen LogP contribution in [0.15, 0.2) is 36.4 Å². The Morgan fingerprint density at radius 3 is 2.50 bits per heavy atom. The van der Waals surface area contributed by atoms with Crippen LogP contribution in [0.1, 0.15) is 63.3 Å². The number of halogens is 1. The molecule has 4 aliphatic rings. The quantitative estimate of drug-likeness (QED) is 0.578. The van der Waals surface area contributed by atoms with Gasteiger partial charge in [0.2, 0.25) is 0 Å². The van der Waals surface area contributed by atoms with Gasteiger partial charge in [-0.2, -0.15) is 0 Å². The largest absolute Gasteiger partial charge is 0.445 e. The zero-order valence-electron chi connectivity index (χ0n) is 20.9. The maximum Gasteiger partial charge on any atom is 0.407 e. The lowest BCUT2D eigenvalue weighted by Crippen LogP contribution is -2.53. The molecule has 6 rings (SSSR count). The predicted molar refractivity (Wildman–Crippen MR) is 133 cm³/mol. The maximum atomic E-state index is 15.3. The SMILES string of the molecule is CC(C)Cc1ccc(-c2cc3c(cc2F)C(NC(=O)O[C@H]2CN4CCC2CC4)C(C)(C)C3)cc1. The normalized spacial score (nSPS) is 27.0. The molecule has 3 saturated heterocycles. The number of rotatable bonds is 5. The number of amides is 1. The van der Waals surface area contributed by atoms with Gasteiger partial charge in [-0.15, -0.1) is 0 Å². The molecule has 3 heterocycles. The van der Waals surface area contributed by atoms with Crippen molar-refractivity contribution in [3.05, 3.63) is 58.9 Å². The first kappa shape index (κ1) is 23.3. The summed E-state index contributed by atoms with van der Waals surface area (Å²) in [5, 5.41) is 3.10. The number of benzene rings is 2. The second-order valence-electron chi connectivity index (χ2n) is 11.7. The number of fused-ring (bicyclic) bond motifs is 4. The van der Waals surface area contributed by atoms with E-state index in [1.165, 1.54) is 5.56 Å². The molecule has 0 spiro atoms. The molecule has 2 aromatic carbocycles. The summed E-state index contributed by atoms with van der Waals surface area (Å²) in [6, 6.07) is 11.6. The van der Waals surface area contributed by atoms with Crippen molar-refractivity contribution in [3.8, 4) is 11.1 Å². The second kappa shape index (κ2) is 8.99. The van der Waals surface area contributed by atoms with E-state index in [-0.39, 0.29) is 29.5 Å². The van der Waals surface area contributed by atoms with Crippen molar-refractivity contribution in [1.29, 1.82) is 0 Å². The van der Waals surface area contributed by atoms with Gasteiger partial charge >= 0.3 is 6.09 Å². The van der Waals surface area contributed by atoms with Gasteiger partial charge in [-0.25, -0.2) is 9.18 Å². The zero-order chi connectivity index (χ0) is 24.0. The van der Waals surface area contributed by atoms with Gasteiger partial charge in [0.05, 0.1) is 6.04 Å². The van der Waals surface area contributed by atoms with Crippen LogP contribution in [0.2, 0.25) is 0 Å². The van der Waals surface area contributed by atoms with Crippen molar-refractivity contribution in [2.45, 2.75) is 65.5 Å². The lowest BCUT2D eigenvalue weighted by molar-refractivity contribution is -0.0349. The fourth-order valence-corrected chi connectivity index (χ4v) is 6.19. The van der Waals surface area contributed by atoms with Gasteiger partial charge in [0, 0.05) is 12.1 Å². The van der Waals surface area contributed by atoms with Crippen LogP contribution in [0.5, 0.6) is 0 Å². The fraction of sp³-hybridized carbons (Fsp3) is 0.552. The van der Waals surface area contributed by atoms with E-state index in [4.69, 9.17) is 4.74 Å². The molecule has 1 aliphatic carbocycles. The molecule has 182 valence electrons. The van der Waals surface area contributed by atoms with Crippen LogP contribution in [-0.4, -0.2) is 36.7 Å². The Hall–Kier alpha value is -2.40. The third-order valence-electron chi connectivity index (χ3n) is 7.99. The van der Waals surface area contributed by atoms with E-state index in [0.29, 0.717) is 17.4 Å². The summed E-state index contributed by atoms with van der Waals surface area (Å²) < 4.78 is 21.2. The van der Waals surface area contributed by atoms with Gasteiger partial charge in [-0.3, -0.25) is 4.90 Å². The summed E-state index contributed by atoms with van der Waals surface area (Å²) in [4.78, 5) is 15.3. The van der Waals surface area contributed by atoms with Gasteiger partial charge in [-0.1, -0.05) is 52.0 Å². The molecule has 1 unspecified atom stereocenters. The van der Waals surface area contributed by atoms with Crippen LogP contribution in [0.4, 0.5) is 9.18 Å². The average Bonchev–Trinajstić information content (AvgIpc) is 3.03. The molecule has 3 fully saturated rings. The van der Waals surface area contributed by atoms with Gasteiger partial charge in [-0.05, 0) is 90.4 Å². The minimum absolute atomic E-state index is 0.0377. The number of carbonyl (C=O) groups is 1. The summed E-state index contributed by atoms with van der Waals surface area (Å²) in [6.07, 6.45) is 3.58. The Bertz CT molecular complexity index is 1050. The number of carbonyl (C=O) groups excluding carboxylic acids is 1. The summed E-state index contributed by atoms with van der Waals surface area (Å²) in [5.41, 5.74) is 4.54. The van der Waals surface area contributed by atoms with E-state index < -0.39 is 0 Å². The lowest BCUT2D eigenvalue weighted by Gasteiger charge is -2.44. The highest BCUT2D eigenvalue weighted by molar-refractivity contribution is 5.70. The first-order chi connectivity index (χ1) is 16.2. The van der Waals surface area contributed by atoms with Crippen LogP contribution in [0, 0.1) is 23.1 Å². The van der Waals surface area contributed by atoms with Gasteiger partial charge in [0.1, 0.15) is 11.9 Å². The van der Waals surface area contributed by atoms with Crippen molar-refractivity contribution in [2.75, 3.05) is 19.6 Å². The number of alkyl carbamates (subject to hydrolysis) is 1. The Morgan fingerprint density at radius 1 is 1.18 bits per heavy atom. The summed E-state index contributed by atoms with van der Waals surface area (Å²) >= 11 is 0. The summed E-state index contributed by atoms with van der Waals surface area (Å²) in [6.45, 7) is 11.7. The Morgan fingerprint density at radius 2 is 1.88 bits per heavy atom. The number of piperidine rings is 3. The molecule has 2 atom stereocenters. The number of hydrogen-bond donors (Lipinski definition) is 1. The molecule has 3 aliphatic heterocycles. The van der Waals surface area contributed by atoms with E-state index in [2.05, 4.69) is 50.0 Å². The molecule has 1 N–H and O–H groups in total. The first-order valence-corrected chi connectivity index (χ1v) is 12.8. The molecule has 1 amide bonds. The Labute approximate surface area is 202 Å². The summed E-state index contributed by atoms with van der Waals surface area (Å²) in [7, 11) is 0. The van der Waals surface area contributed by atoms with Crippen LogP contribution in [-0.2, 0) is 17.6 Å². The maximum absolute atomic E-state index is 15.3.